The van der Waals surface area contributed by atoms with Crippen LogP contribution in [0.2, 0.25) is 0 Å². The van der Waals surface area contributed by atoms with Crippen molar-refractivity contribution in [1.82, 2.24) is 19.9 Å². The molecule has 0 aliphatic carbocycles. The Labute approximate surface area is 121 Å². The Bertz CT molecular complexity index is 927. The smallest absolute Gasteiger partial charge is 0.0991 e. The number of aryl methyl sites for hydroxylation is 1. The van der Waals surface area contributed by atoms with Crippen LogP contribution in [0.15, 0.2) is 42.9 Å². The molecular formula is C17H14N4. The average Bonchev–Trinajstić information content (AvgIpc) is 2.55. The Balaban J connectivity index is 2.24. The maximum atomic E-state index is 4.81. The van der Waals surface area contributed by atoms with Crippen LogP contribution in [0.4, 0.5) is 0 Å². The van der Waals surface area contributed by atoms with Crippen LogP contribution >= 0.6 is 0 Å². The molecule has 0 unspecified atom stereocenters. The summed E-state index contributed by atoms with van der Waals surface area (Å²) in [6, 6.07) is 7.94. The van der Waals surface area contributed by atoms with Crippen molar-refractivity contribution in [2.24, 2.45) is 0 Å². The first-order chi connectivity index (χ1) is 10.4. The van der Waals surface area contributed by atoms with Crippen LogP contribution in [-0.4, -0.2) is 19.9 Å². The maximum Gasteiger partial charge on any atom is 0.0991 e. The van der Waals surface area contributed by atoms with Crippen molar-refractivity contribution in [1.29, 1.82) is 0 Å². The highest BCUT2D eigenvalue weighted by molar-refractivity contribution is 6.20. The van der Waals surface area contributed by atoms with E-state index in [0.717, 1.165) is 51.4 Å². The third-order valence-corrected chi connectivity index (χ3v) is 3.68. The Hall–Kier alpha value is -2.62. The lowest BCUT2D eigenvalue weighted by atomic mass is 10.1. The van der Waals surface area contributed by atoms with Gasteiger partial charge in [-0.1, -0.05) is 13.3 Å². The molecular weight excluding hydrogens is 260 g/mol. The molecule has 21 heavy (non-hydrogen) atoms. The molecule has 102 valence electrons. The van der Waals surface area contributed by atoms with Gasteiger partial charge in [0.1, 0.15) is 0 Å². The van der Waals surface area contributed by atoms with E-state index in [9.17, 15) is 0 Å². The fourth-order valence-electron chi connectivity index (χ4n) is 2.76. The number of fused-ring (bicyclic) bond motifs is 6. The minimum atomic E-state index is 0.887. The second-order valence-corrected chi connectivity index (χ2v) is 5.11. The fourth-order valence-corrected chi connectivity index (χ4v) is 2.76. The highest BCUT2D eigenvalue weighted by Crippen LogP contribution is 2.30. The molecule has 0 radical (unpaired) electrons. The molecule has 3 aromatic heterocycles. The summed E-state index contributed by atoms with van der Waals surface area (Å²) in [5, 5.41) is 2.03. The van der Waals surface area contributed by atoms with E-state index in [1.165, 1.54) is 0 Å². The van der Waals surface area contributed by atoms with E-state index < -0.39 is 0 Å². The van der Waals surface area contributed by atoms with Crippen molar-refractivity contribution in [2.45, 2.75) is 19.8 Å². The zero-order chi connectivity index (χ0) is 14.2. The first-order valence-electron chi connectivity index (χ1n) is 7.15. The van der Waals surface area contributed by atoms with E-state index in [-0.39, 0.29) is 0 Å². The summed E-state index contributed by atoms with van der Waals surface area (Å²) in [7, 11) is 0. The van der Waals surface area contributed by atoms with E-state index in [4.69, 9.17) is 4.98 Å². The van der Waals surface area contributed by atoms with Gasteiger partial charge >= 0.3 is 0 Å². The molecule has 0 bridgehead atoms. The van der Waals surface area contributed by atoms with Gasteiger partial charge in [0, 0.05) is 29.4 Å². The Morgan fingerprint density at radius 2 is 1.43 bits per heavy atom. The van der Waals surface area contributed by atoms with Crippen LogP contribution in [0, 0.1) is 0 Å². The van der Waals surface area contributed by atoms with Gasteiger partial charge in [0.15, 0.2) is 0 Å². The highest BCUT2D eigenvalue weighted by atomic mass is 14.8. The predicted octanol–water partition coefficient (Wildman–Crippen LogP) is 3.68. The summed E-state index contributed by atoms with van der Waals surface area (Å²) in [6.45, 7) is 2.15. The SMILES string of the molecule is CCCc1cnc2c3cccnc3c3ncccc3c2n1. The molecule has 0 saturated heterocycles. The average molecular weight is 274 g/mol. The van der Waals surface area contributed by atoms with Crippen LogP contribution in [0.5, 0.6) is 0 Å². The van der Waals surface area contributed by atoms with Crippen LogP contribution in [0.1, 0.15) is 19.0 Å². The van der Waals surface area contributed by atoms with Gasteiger partial charge in [-0.15, -0.1) is 0 Å². The molecule has 0 atom stereocenters. The normalized spacial score (nSPS) is 11.5. The van der Waals surface area contributed by atoms with Gasteiger partial charge in [-0.05, 0) is 30.7 Å². The number of pyridine rings is 2. The molecule has 0 aliphatic heterocycles. The second-order valence-electron chi connectivity index (χ2n) is 5.11. The minimum absolute atomic E-state index is 0.887. The largest absolute Gasteiger partial charge is 0.254 e. The number of hydrogen-bond donors (Lipinski definition) is 0. The fraction of sp³-hybridized carbons (Fsp3) is 0.176. The Morgan fingerprint density at radius 1 is 0.810 bits per heavy atom. The molecule has 3 heterocycles. The summed E-state index contributed by atoms with van der Waals surface area (Å²) >= 11 is 0. The van der Waals surface area contributed by atoms with Gasteiger partial charge in [-0.3, -0.25) is 15.0 Å². The molecule has 4 aromatic rings. The first-order valence-corrected chi connectivity index (χ1v) is 7.15. The van der Waals surface area contributed by atoms with Gasteiger partial charge in [0.2, 0.25) is 0 Å². The molecule has 4 rings (SSSR count). The molecule has 0 spiro atoms. The molecule has 4 heteroatoms. The lowest BCUT2D eigenvalue weighted by molar-refractivity contribution is 0.882. The summed E-state index contributed by atoms with van der Waals surface area (Å²) in [5.41, 5.74) is 4.63. The van der Waals surface area contributed by atoms with Crippen molar-refractivity contribution >= 4 is 32.8 Å². The summed E-state index contributed by atoms with van der Waals surface area (Å²) in [4.78, 5) is 18.5. The van der Waals surface area contributed by atoms with Crippen molar-refractivity contribution < 1.29 is 0 Å². The Morgan fingerprint density at radius 3 is 2.10 bits per heavy atom. The van der Waals surface area contributed by atoms with Gasteiger partial charge in [0.05, 0.1) is 27.8 Å². The number of nitrogens with zero attached hydrogens (tertiary/aromatic N) is 4. The summed E-state index contributed by atoms with van der Waals surface area (Å²) in [6.07, 6.45) is 7.47. The molecule has 0 N–H and O–H groups in total. The van der Waals surface area contributed by atoms with Gasteiger partial charge in [-0.2, -0.15) is 0 Å². The lowest BCUT2D eigenvalue weighted by Crippen LogP contribution is -1.96. The number of rotatable bonds is 2. The third-order valence-electron chi connectivity index (χ3n) is 3.68. The zero-order valence-corrected chi connectivity index (χ0v) is 11.7. The zero-order valence-electron chi connectivity index (χ0n) is 11.7. The van der Waals surface area contributed by atoms with Crippen molar-refractivity contribution in [3.63, 3.8) is 0 Å². The van der Waals surface area contributed by atoms with E-state index >= 15 is 0 Å². The van der Waals surface area contributed by atoms with Crippen molar-refractivity contribution in [3.05, 3.63) is 48.5 Å². The second kappa shape index (κ2) is 4.74. The van der Waals surface area contributed by atoms with Crippen molar-refractivity contribution in [3.8, 4) is 0 Å². The van der Waals surface area contributed by atoms with Gasteiger partial charge in [0.25, 0.3) is 0 Å². The minimum Gasteiger partial charge on any atom is -0.254 e. The van der Waals surface area contributed by atoms with Crippen molar-refractivity contribution in [2.75, 3.05) is 0 Å². The van der Waals surface area contributed by atoms with E-state index in [1.54, 1.807) is 12.4 Å². The summed E-state index contributed by atoms with van der Waals surface area (Å²) < 4.78 is 0. The lowest BCUT2D eigenvalue weighted by Gasteiger charge is -2.08. The number of hydrogen-bond acceptors (Lipinski definition) is 4. The molecule has 4 nitrogen and oxygen atoms in total. The van der Waals surface area contributed by atoms with Crippen LogP contribution in [0.25, 0.3) is 32.8 Å². The molecule has 1 aromatic carbocycles. The first kappa shape index (κ1) is 12.1. The highest BCUT2D eigenvalue weighted by Gasteiger charge is 2.12. The number of benzene rings is 1. The van der Waals surface area contributed by atoms with Gasteiger partial charge in [-0.25, -0.2) is 4.98 Å². The molecule has 0 aliphatic rings. The van der Waals surface area contributed by atoms with Crippen LogP contribution < -0.4 is 0 Å². The van der Waals surface area contributed by atoms with E-state index in [1.807, 2.05) is 30.5 Å². The Kier molecular flexibility index (Phi) is 2.74. The maximum absolute atomic E-state index is 4.81. The van der Waals surface area contributed by atoms with Crippen LogP contribution in [-0.2, 0) is 6.42 Å². The van der Waals surface area contributed by atoms with Gasteiger partial charge < -0.3 is 0 Å². The third kappa shape index (κ3) is 1.83. The number of aromatic nitrogens is 4. The predicted molar refractivity (Wildman–Crippen MR) is 84.1 cm³/mol. The summed E-state index contributed by atoms with van der Waals surface area (Å²) in [5.74, 6) is 0. The molecule has 0 fully saturated rings. The monoisotopic (exact) mass is 274 g/mol. The topological polar surface area (TPSA) is 51.6 Å². The quantitative estimate of drug-likeness (QED) is 0.523. The van der Waals surface area contributed by atoms with E-state index in [2.05, 4.69) is 21.9 Å². The molecule has 0 saturated carbocycles. The van der Waals surface area contributed by atoms with E-state index in [0.29, 0.717) is 0 Å². The standard InChI is InChI=1S/C17H14N4/c1-2-5-11-10-20-16-12-6-3-8-18-14(12)15-13(17(16)21-11)7-4-9-19-15/h3-4,6-10H,2,5H2,1H3. The molecule has 0 amide bonds. The van der Waals surface area contributed by atoms with Crippen LogP contribution in [0.3, 0.4) is 0 Å².